The second-order valence-corrected chi connectivity index (χ2v) is 9.76. The maximum Gasteiger partial charge on any atom is 0.416 e. The van der Waals surface area contributed by atoms with Crippen LogP contribution in [0, 0.1) is 0 Å². The van der Waals surface area contributed by atoms with Gasteiger partial charge in [0.15, 0.2) is 0 Å². The van der Waals surface area contributed by atoms with E-state index in [4.69, 9.17) is 34.8 Å². The van der Waals surface area contributed by atoms with Crippen LogP contribution in [0.25, 0.3) is 21.6 Å². The van der Waals surface area contributed by atoms with Crippen LogP contribution >= 0.6 is 46.1 Å². The predicted octanol–water partition coefficient (Wildman–Crippen LogP) is 8.99. The number of nitrogens with one attached hydrogen (secondary N) is 1. The summed E-state index contributed by atoms with van der Waals surface area (Å²) < 4.78 is 38.3. The molecule has 0 aliphatic heterocycles. The van der Waals surface area contributed by atoms with Crippen molar-refractivity contribution in [3.8, 4) is 21.6 Å². The van der Waals surface area contributed by atoms with Crippen LogP contribution in [0.2, 0.25) is 15.1 Å². The lowest BCUT2D eigenvalue weighted by Gasteiger charge is -2.08. The molecule has 0 radical (unpaired) electrons. The van der Waals surface area contributed by atoms with Crippen molar-refractivity contribution in [3.63, 3.8) is 0 Å². The first-order valence-electron chi connectivity index (χ1n) is 9.91. The average molecular weight is 541 g/mol. The summed E-state index contributed by atoms with van der Waals surface area (Å²) in [4.78, 5) is 14.2. The molecule has 34 heavy (non-hydrogen) atoms. The van der Waals surface area contributed by atoms with Crippen LogP contribution in [0.15, 0.2) is 72.8 Å². The molecule has 1 aromatic heterocycles. The first-order chi connectivity index (χ1) is 16.1. The maximum atomic E-state index is 12.8. The summed E-state index contributed by atoms with van der Waals surface area (Å²) in [6.45, 7) is 0.191. The molecule has 0 bridgehead atoms. The largest absolute Gasteiger partial charge is 0.416 e. The monoisotopic (exact) mass is 539 g/mol. The Labute approximate surface area is 212 Å². The number of carbonyl (C=O) groups excluding carboxylic acids is 1. The topological polar surface area (TPSA) is 29.1 Å². The molecule has 0 aliphatic rings. The molecule has 0 atom stereocenters. The van der Waals surface area contributed by atoms with E-state index in [0.29, 0.717) is 15.1 Å². The Morgan fingerprint density at radius 2 is 1.47 bits per heavy atom. The van der Waals surface area contributed by atoms with Crippen LogP contribution in [-0.2, 0) is 12.7 Å². The number of benzene rings is 3. The van der Waals surface area contributed by atoms with E-state index in [1.807, 2.05) is 24.3 Å². The van der Waals surface area contributed by atoms with Gasteiger partial charge in [-0.3, -0.25) is 4.79 Å². The third kappa shape index (κ3) is 5.58. The van der Waals surface area contributed by atoms with Gasteiger partial charge >= 0.3 is 6.18 Å². The van der Waals surface area contributed by atoms with E-state index < -0.39 is 17.6 Å². The van der Waals surface area contributed by atoms with Gasteiger partial charge in [-0.25, -0.2) is 0 Å². The fourth-order valence-electron chi connectivity index (χ4n) is 3.33. The number of hydrogen-bond donors (Lipinski definition) is 1. The molecule has 2 nitrogen and oxygen atoms in total. The molecule has 9 heteroatoms. The molecule has 1 heterocycles. The number of thiophene rings is 1. The molecule has 0 aliphatic carbocycles. The number of halogens is 6. The van der Waals surface area contributed by atoms with Gasteiger partial charge in [0.05, 0.1) is 17.1 Å². The van der Waals surface area contributed by atoms with Crippen LogP contribution < -0.4 is 5.32 Å². The van der Waals surface area contributed by atoms with Crippen LogP contribution in [-0.4, -0.2) is 5.91 Å². The summed E-state index contributed by atoms with van der Waals surface area (Å²) in [5.41, 5.74) is 1.95. The molecule has 0 saturated carbocycles. The van der Waals surface area contributed by atoms with Crippen molar-refractivity contribution in [2.24, 2.45) is 0 Å². The lowest BCUT2D eigenvalue weighted by Crippen LogP contribution is -2.22. The second kappa shape index (κ2) is 10.0. The van der Waals surface area contributed by atoms with Gasteiger partial charge < -0.3 is 5.32 Å². The van der Waals surface area contributed by atoms with Crippen molar-refractivity contribution < 1.29 is 18.0 Å². The minimum absolute atomic E-state index is 0.142. The molecule has 4 aromatic rings. The standard InChI is InChI=1S/C25H15Cl3F3NOS/c26-17-7-3-14(4-8-17)21-12-19(34-23(21)20-10-9-18(27)11-22(20)28)13-32-24(33)15-1-5-16(6-2-15)25(29,30)31/h1-12H,13H2,(H,32,33). The van der Waals surface area contributed by atoms with Gasteiger partial charge in [0.1, 0.15) is 0 Å². The zero-order valence-electron chi connectivity index (χ0n) is 17.2. The van der Waals surface area contributed by atoms with Crippen LogP contribution in [0.1, 0.15) is 20.8 Å². The van der Waals surface area contributed by atoms with E-state index in [0.717, 1.165) is 50.7 Å². The summed E-state index contributed by atoms with van der Waals surface area (Å²) in [6.07, 6.45) is -4.45. The Hall–Kier alpha value is -2.51. The average Bonchev–Trinajstić information content (AvgIpc) is 3.21. The number of rotatable bonds is 5. The van der Waals surface area contributed by atoms with Crippen molar-refractivity contribution >= 4 is 52.0 Å². The van der Waals surface area contributed by atoms with Gasteiger partial charge in [-0.2, -0.15) is 13.2 Å². The maximum absolute atomic E-state index is 12.8. The normalized spacial score (nSPS) is 11.5. The van der Waals surface area contributed by atoms with E-state index in [1.54, 1.807) is 24.3 Å². The van der Waals surface area contributed by atoms with Gasteiger partial charge in [0, 0.05) is 36.5 Å². The number of alkyl halides is 3. The third-order valence-corrected chi connectivity index (χ3v) is 6.98. The fraction of sp³-hybridized carbons (Fsp3) is 0.0800. The molecular formula is C25H15Cl3F3NOS. The summed E-state index contributed by atoms with van der Waals surface area (Å²) in [5.74, 6) is -0.471. The number of amides is 1. The van der Waals surface area contributed by atoms with Gasteiger partial charge in [-0.15, -0.1) is 11.3 Å². The third-order valence-electron chi connectivity index (χ3n) is 5.01. The smallest absolute Gasteiger partial charge is 0.347 e. The SMILES string of the molecule is O=C(NCc1cc(-c2ccc(Cl)cc2)c(-c2ccc(Cl)cc2Cl)s1)c1ccc(C(F)(F)F)cc1. The predicted molar refractivity (Wildman–Crippen MR) is 133 cm³/mol. The Kier molecular flexibility index (Phi) is 7.24. The molecule has 3 aromatic carbocycles. The highest BCUT2D eigenvalue weighted by Crippen LogP contribution is 2.43. The molecule has 0 unspecified atom stereocenters. The van der Waals surface area contributed by atoms with Crippen LogP contribution in [0.4, 0.5) is 13.2 Å². The highest BCUT2D eigenvalue weighted by atomic mass is 35.5. The van der Waals surface area contributed by atoms with E-state index in [2.05, 4.69) is 5.32 Å². The lowest BCUT2D eigenvalue weighted by molar-refractivity contribution is -0.137. The van der Waals surface area contributed by atoms with Crippen LogP contribution in [0.5, 0.6) is 0 Å². The zero-order chi connectivity index (χ0) is 24.5. The van der Waals surface area contributed by atoms with Gasteiger partial charge in [-0.05, 0) is 60.2 Å². The van der Waals surface area contributed by atoms with Crippen molar-refractivity contribution in [2.45, 2.75) is 12.7 Å². The summed E-state index contributed by atoms with van der Waals surface area (Å²) in [5, 5.41) is 4.38. The Morgan fingerprint density at radius 3 is 2.09 bits per heavy atom. The van der Waals surface area contributed by atoms with Crippen LogP contribution in [0.3, 0.4) is 0 Å². The minimum atomic E-state index is -4.45. The quantitative estimate of drug-likeness (QED) is 0.269. The fourth-order valence-corrected chi connectivity index (χ4v) is 5.17. The van der Waals surface area contributed by atoms with E-state index in [-0.39, 0.29) is 12.1 Å². The molecule has 0 fully saturated rings. The minimum Gasteiger partial charge on any atom is -0.347 e. The number of hydrogen-bond acceptors (Lipinski definition) is 2. The van der Waals surface area contributed by atoms with Crippen molar-refractivity contribution in [1.29, 1.82) is 0 Å². The van der Waals surface area contributed by atoms with Crippen molar-refractivity contribution in [1.82, 2.24) is 5.32 Å². The van der Waals surface area contributed by atoms with E-state index in [9.17, 15) is 18.0 Å². The molecule has 4 rings (SSSR count). The molecule has 1 N–H and O–H groups in total. The zero-order valence-corrected chi connectivity index (χ0v) is 20.3. The molecule has 0 saturated heterocycles. The Morgan fingerprint density at radius 1 is 0.824 bits per heavy atom. The van der Waals surface area contributed by atoms with E-state index >= 15 is 0 Å². The lowest BCUT2D eigenvalue weighted by atomic mass is 10.0. The van der Waals surface area contributed by atoms with Gasteiger partial charge in [0.2, 0.25) is 0 Å². The Bertz CT molecular complexity index is 1330. The molecule has 174 valence electrons. The highest BCUT2D eigenvalue weighted by Gasteiger charge is 2.30. The van der Waals surface area contributed by atoms with Crippen molar-refractivity contribution in [2.75, 3.05) is 0 Å². The summed E-state index contributed by atoms with van der Waals surface area (Å²) in [7, 11) is 0. The van der Waals surface area contributed by atoms with Gasteiger partial charge in [-0.1, -0.05) is 53.0 Å². The summed E-state index contributed by atoms with van der Waals surface area (Å²) in [6, 6.07) is 18.6. The van der Waals surface area contributed by atoms with E-state index in [1.165, 1.54) is 11.3 Å². The number of carbonyl (C=O) groups is 1. The molecule has 1 amide bonds. The van der Waals surface area contributed by atoms with Gasteiger partial charge in [0.25, 0.3) is 5.91 Å². The Balaban J connectivity index is 1.61. The highest BCUT2D eigenvalue weighted by molar-refractivity contribution is 7.16. The molecular weight excluding hydrogens is 526 g/mol. The summed E-state index contributed by atoms with van der Waals surface area (Å²) >= 11 is 20.0. The first kappa shape index (κ1) is 24.6. The second-order valence-electron chi connectivity index (χ2n) is 7.34. The van der Waals surface area contributed by atoms with Crippen molar-refractivity contribution in [3.05, 3.63) is 104 Å². The molecule has 0 spiro atoms. The first-order valence-corrected chi connectivity index (χ1v) is 11.9.